The van der Waals surface area contributed by atoms with E-state index >= 15 is 0 Å². The molecule has 0 aliphatic carbocycles. The van der Waals surface area contributed by atoms with Gasteiger partial charge in [-0.15, -0.1) is 13.2 Å². The van der Waals surface area contributed by atoms with Crippen LogP contribution in [0.2, 0.25) is 0 Å². The quantitative estimate of drug-likeness (QED) is 0.0823. The van der Waals surface area contributed by atoms with E-state index < -0.39 is 9.84 Å². The van der Waals surface area contributed by atoms with Gasteiger partial charge in [-0.3, -0.25) is 0 Å². The summed E-state index contributed by atoms with van der Waals surface area (Å²) in [6.45, 7) is 14.3. The molecule has 10 heteroatoms. The standard InChI is InChI=1S/C29H38N6O3S.C2H6.C2H4/c1-4-6-7-8-10-13-16-22(5-2)26-27(39(3,37)38)28(30)35-29(34-26)24(21-33-35)23-19-31-25(32-20-23)17-14-11-9-12-15-18-36;2*1-2/h9,11-12,14-15,19-22H,4-8,10,13,16-17,30H2,1-3H3;1-2H3;1-2H2/b12-9-,14-11-;;. The van der Waals surface area contributed by atoms with Crippen molar-refractivity contribution in [1.82, 2.24) is 24.6 Å². The molecule has 1 atom stereocenters. The SMILES string of the molecule is C=C.CC.CCCCCCCCC(CC)c1nc2c(-c3cnc(C/C=C\C=C/C=C=O)nc3)cnn2c(N)c1S(C)(=O)=O. The van der Waals surface area contributed by atoms with E-state index in [1.165, 1.54) is 42.5 Å². The van der Waals surface area contributed by atoms with Crippen molar-refractivity contribution in [3.63, 3.8) is 0 Å². The third kappa shape index (κ3) is 11.0. The van der Waals surface area contributed by atoms with Crippen molar-refractivity contribution in [3.05, 3.63) is 73.6 Å². The molecule has 1 unspecified atom stereocenters. The van der Waals surface area contributed by atoms with E-state index in [0.717, 1.165) is 25.7 Å². The first kappa shape index (κ1) is 37.1. The number of nitrogens with zero attached hydrogens (tertiary/aromatic N) is 5. The smallest absolute Gasteiger partial charge is 0.180 e. The van der Waals surface area contributed by atoms with Gasteiger partial charge in [-0.05, 0) is 12.8 Å². The lowest BCUT2D eigenvalue weighted by Crippen LogP contribution is -2.16. The van der Waals surface area contributed by atoms with Crippen LogP contribution in [0, 0.1) is 0 Å². The van der Waals surface area contributed by atoms with Crippen molar-refractivity contribution >= 4 is 27.2 Å². The van der Waals surface area contributed by atoms with Gasteiger partial charge in [-0.25, -0.2) is 28.2 Å². The summed E-state index contributed by atoms with van der Waals surface area (Å²) in [5.74, 6) is 2.35. The first-order valence-corrected chi connectivity index (χ1v) is 16.9. The van der Waals surface area contributed by atoms with E-state index in [0.29, 0.717) is 34.7 Å². The summed E-state index contributed by atoms with van der Waals surface area (Å²) in [4.78, 5) is 24.0. The van der Waals surface area contributed by atoms with Gasteiger partial charge in [0.1, 0.15) is 22.5 Å². The summed E-state index contributed by atoms with van der Waals surface area (Å²) in [7, 11) is -3.64. The molecule has 3 aromatic rings. The number of allylic oxidation sites excluding steroid dienone is 5. The maximum Gasteiger partial charge on any atom is 0.180 e. The molecule has 234 valence electrons. The third-order valence-corrected chi connectivity index (χ3v) is 7.82. The molecule has 0 fully saturated rings. The zero-order valence-corrected chi connectivity index (χ0v) is 27.2. The fraction of sp³-hybridized carbons (Fsp3) is 0.455. The van der Waals surface area contributed by atoms with Gasteiger partial charge in [-0.1, -0.05) is 90.5 Å². The summed E-state index contributed by atoms with van der Waals surface area (Å²) < 4.78 is 27.1. The predicted molar refractivity (Wildman–Crippen MR) is 177 cm³/mol. The average Bonchev–Trinajstić information content (AvgIpc) is 3.45. The lowest BCUT2D eigenvalue weighted by Gasteiger charge is -2.19. The van der Waals surface area contributed by atoms with Gasteiger partial charge < -0.3 is 5.73 Å². The maximum atomic E-state index is 12.9. The number of sulfone groups is 1. The Morgan fingerprint density at radius 2 is 1.65 bits per heavy atom. The van der Waals surface area contributed by atoms with Crippen LogP contribution in [-0.4, -0.2) is 45.2 Å². The van der Waals surface area contributed by atoms with Gasteiger partial charge in [0.25, 0.3) is 0 Å². The second-order valence-electron chi connectivity index (χ2n) is 9.63. The minimum atomic E-state index is -3.64. The molecule has 0 amide bonds. The number of hydrogen-bond acceptors (Lipinski definition) is 8. The summed E-state index contributed by atoms with van der Waals surface area (Å²) in [5, 5.41) is 4.37. The van der Waals surface area contributed by atoms with Crippen LogP contribution in [0.25, 0.3) is 16.8 Å². The van der Waals surface area contributed by atoms with Gasteiger partial charge in [-0.2, -0.15) is 9.61 Å². The molecule has 3 rings (SSSR count). The normalized spacial score (nSPS) is 11.9. The van der Waals surface area contributed by atoms with Crippen LogP contribution in [0.15, 0.2) is 67.0 Å². The Balaban J connectivity index is 0.00000221. The van der Waals surface area contributed by atoms with E-state index in [1.54, 1.807) is 42.8 Å². The maximum absolute atomic E-state index is 12.9. The Morgan fingerprint density at radius 3 is 2.26 bits per heavy atom. The lowest BCUT2D eigenvalue weighted by atomic mass is 9.94. The van der Waals surface area contributed by atoms with Gasteiger partial charge in [0, 0.05) is 48.2 Å². The number of nitrogen functional groups attached to an aromatic ring is 1. The van der Waals surface area contributed by atoms with Crippen LogP contribution in [0.3, 0.4) is 0 Å². The Morgan fingerprint density at radius 1 is 1.00 bits per heavy atom. The fourth-order valence-electron chi connectivity index (χ4n) is 4.59. The minimum absolute atomic E-state index is 0.0302. The minimum Gasteiger partial charge on any atom is -0.382 e. The summed E-state index contributed by atoms with van der Waals surface area (Å²) in [5.41, 5.74) is 8.83. The van der Waals surface area contributed by atoms with Crippen LogP contribution < -0.4 is 5.73 Å². The lowest BCUT2D eigenvalue weighted by molar-refractivity contribution is 0.514. The van der Waals surface area contributed by atoms with Crippen LogP contribution in [-0.2, 0) is 21.1 Å². The van der Waals surface area contributed by atoms with Gasteiger partial charge >= 0.3 is 0 Å². The van der Waals surface area contributed by atoms with Gasteiger partial charge in [0.05, 0.1) is 11.9 Å². The molecule has 2 N–H and O–H groups in total. The zero-order chi connectivity index (χ0) is 32.3. The molecule has 43 heavy (non-hydrogen) atoms. The summed E-state index contributed by atoms with van der Waals surface area (Å²) in [6, 6.07) is 0. The van der Waals surface area contributed by atoms with Crippen molar-refractivity contribution in [3.8, 4) is 11.1 Å². The monoisotopic (exact) mass is 608 g/mol. The Bertz CT molecular complexity index is 1470. The van der Waals surface area contributed by atoms with E-state index in [-0.39, 0.29) is 16.6 Å². The second-order valence-corrected chi connectivity index (χ2v) is 11.6. The molecule has 0 radical (unpaired) electrons. The number of anilines is 1. The fourth-order valence-corrected chi connectivity index (χ4v) is 5.65. The molecular formula is C33H48N6O3S. The van der Waals surface area contributed by atoms with E-state index in [9.17, 15) is 13.2 Å². The largest absolute Gasteiger partial charge is 0.382 e. The zero-order valence-electron chi connectivity index (χ0n) is 26.4. The van der Waals surface area contributed by atoms with Crippen molar-refractivity contribution in [2.75, 3.05) is 12.0 Å². The topological polar surface area (TPSA) is 133 Å². The van der Waals surface area contributed by atoms with Crippen LogP contribution in [0.1, 0.15) is 96.5 Å². The number of fused-ring (bicyclic) bond motifs is 1. The second kappa shape index (κ2) is 20.1. The van der Waals surface area contributed by atoms with Crippen LogP contribution in [0.4, 0.5) is 5.82 Å². The Labute approximate surface area is 257 Å². The van der Waals surface area contributed by atoms with Gasteiger partial charge in [0.15, 0.2) is 15.5 Å². The predicted octanol–water partition coefficient (Wildman–Crippen LogP) is 7.29. The average molecular weight is 609 g/mol. The highest BCUT2D eigenvalue weighted by Crippen LogP contribution is 2.35. The molecule has 0 saturated carbocycles. The molecule has 9 nitrogen and oxygen atoms in total. The number of hydrogen-bond donors (Lipinski definition) is 1. The number of rotatable bonds is 15. The molecule has 3 heterocycles. The van der Waals surface area contributed by atoms with E-state index in [2.05, 4.69) is 42.1 Å². The first-order valence-electron chi connectivity index (χ1n) is 15.0. The highest BCUT2D eigenvalue weighted by Gasteiger charge is 2.28. The molecule has 3 aromatic heterocycles. The summed E-state index contributed by atoms with van der Waals surface area (Å²) in [6.07, 6.45) is 23.6. The first-order chi connectivity index (χ1) is 20.8. The summed E-state index contributed by atoms with van der Waals surface area (Å²) >= 11 is 0. The van der Waals surface area contributed by atoms with Crippen molar-refractivity contribution < 1.29 is 13.2 Å². The van der Waals surface area contributed by atoms with Crippen LogP contribution >= 0.6 is 0 Å². The van der Waals surface area contributed by atoms with Crippen molar-refractivity contribution in [2.45, 2.75) is 96.3 Å². The molecule has 0 saturated heterocycles. The van der Waals surface area contributed by atoms with Crippen molar-refractivity contribution in [2.24, 2.45) is 0 Å². The molecule has 0 bridgehead atoms. The van der Waals surface area contributed by atoms with Gasteiger partial charge in [0.2, 0.25) is 0 Å². The third-order valence-electron chi connectivity index (χ3n) is 6.66. The molecule has 0 spiro atoms. The van der Waals surface area contributed by atoms with Crippen LogP contribution in [0.5, 0.6) is 0 Å². The molecule has 0 aliphatic heterocycles. The number of carbonyl (C=O) groups excluding carboxylic acids is 1. The number of unbranched alkanes of at least 4 members (excludes halogenated alkanes) is 5. The van der Waals surface area contributed by atoms with Crippen molar-refractivity contribution in [1.29, 1.82) is 0 Å². The number of nitrogens with two attached hydrogens (primary N) is 1. The Kier molecular flexibility index (Phi) is 17.4. The highest BCUT2D eigenvalue weighted by atomic mass is 32.2. The molecule has 0 aromatic carbocycles. The molecule has 0 aliphatic rings. The van der Waals surface area contributed by atoms with E-state index in [1.807, 2.05) is 19.9 Å². The number of aromatic nitrogens is 5. The van der Waals surface area contributed by atoms with E-state index in [4.69, 9.17) is 10.7 Å². The highest BCUT2D eigenvalue weighted by molar-refractivity contribution is 7.91. The molecular weight excluding hydrogens is 560 g/mol. The Hall–Kier alpha value is -3.88.